The molecule has 4 aromatic rings. The number of carbonyl (C=O) groups excluding carboxylic acids is 1. The summed E-state index contributed by atoms with van der Waals surface area (Å²) in [6.45, 7) is 6.09. The maximum atomic E-state index is 13.3. The van der Waals surface area contributed by atoms with Crippen molar-refractivity contribution in [1.82, 2.24) is 14.9 Å². The Morgan fingerprint density at radius 1 is 1.12 bits per heavy atom. The molecule has 7 heteroatoms. The van der Waals surface area contributed by atoms with Gasteiger partial charge in [-0.2, -0.15) is 0 Å². The highest BCUT2D eigenvalue weighted by Gasteiger charge is 2.17. The normalized spacial score (nSPS) is 12.1. The van der Waals surface area contributed by atoms with Gasteiger partial charge in [-0.15, -0.1) is 11.3 Å². The zero-order valence-electron chi connectivity index (χ0n) is 19.0. The fourth-order valence-electron chi connectivity index (χ4n) is 3.63. The minimum absolute atomic E-state index is 0.0626. The maximum Gasteiger partial charge on any atom is 0.276 e. The highest BCUT2D eigenvalue weighted by Crippen LogP contribution is 2.24. The summed E-state index contributed by atoms with van der Waals surface area (Å²) in [5.74, 6) is 0.134. The van der Waals surface area contributed by atoms with E-state index in [2.05, 4.69) is 17.4 Å². The van der Waals surface area contributed by atoms with E-state index in [-0.39, 0.29) is 23.3 Å². The van der Waals surface area contributed by atoms with Gasteiger partial charge in [-0.25, -0.2) is 4.98 Å². The molecule has 0 radical (unpaired) electrons. The second-order valence-electron chi connectivity index (χ2n) is 8.22. The van der Waals surface area contributed by atoms with E-state index in [1.807, 2.05) is 68.6 Å². The predicted molar refractivity (Wildman–Crippen MR) is 138 cm³/mol. The van der Waals surface area contributed by atoms with Crippen molar-refractivity contribution in [3.8, 4) is 5.69 Å². The lowest BCUT2D eigenvalue weighted by Crippen LogP contribution is -2.34. The summed E-state index contributed by atoms with van der Waals surface area (Å²) in [4.78, 5) is 30.6. The van der Waals surface area contributed by atoms with E-state index in [9.17, 15) is 9.59 Å². The van der Waals surface area contributed by atoms with Crippen molar-refractivity contribution in [3.63, 3.8) is 0 Å². The monoisotopic (exact) mass is 477 g/mol. The molecular formula is C26H27N3O2S2. The highest BCUT2D eigenvalue weighted by molar-refractivity contribution is 7.99. The van der Waals surface area contributed by atoms with Crippen LogP contribution in [0.1, 0.15) is 30.0 Å². The number of fused-ring (bicyclic) bond motifs is 1. The van der Waals surface area contributed by atoms with Crippen molar-refractivity contribution >= 4 is 39.2 Å². The van der Waals surface area contributed by atoms with Crippen LogP contribution in [0, 0.1) is 13.8 Å². The third kappa shape index (κ3) is 5.54. The quantitative estimate of drug-likeness (QED) is 0.277. The van der Waals surface area contributed by atoms with Crippen LogP contribution in [0.25, 0.3) is 15.9 Å². The number of benzene rings is 2. The lowest BCUT2D eigenvalue weighted by Gasteiger charge is -2.15. The summed E-state index contributed by atoms with van der Waals surface area (Å²) >= 11 is 2.68. The number of hydrogen-bond acceptors (Lipinski definition) is 5. The first-order valence-corrected chi connectivity index (χ1v) is 12.8. The van der Waals surface area contributed by atoms with E-state index in [1.165, 1.54) is 28.7 Å². The van der Waals surface area contributed by atoms with E-state index in [0.717, 1.165) is 29.7 Å². The molecule has 2 heterocycles. The molecular weight excluding hydrogens is 450 g/mol. The molecule has 0 spiro atoms. The minimum Gasteiger partial charge on any atom is -0.353 e. The fourth-order valence-corrected chi connectivity index (χ4v) is 5.21. The molecule has 33 heavy (non-hydrogen) atoms. The summed E-state index contributed by atoms with van der Waals surface area (Å²) in [7, 11) is 0. The number of rotatable bonds is 8. The summed E-state index contributed by atoms with van der Waals surface area (Å²) in [5, 5.41) is 5.47. The Hall–Kier alpha value is -2.90. The van der Waals surface area contributed by atoms with Crippen LogP contribution in [0.2, 0.25) is 0 Å². The highest BCUT2D eigenvalue weighted by atomic mass is 32.2. The van der Waals surface area contributed by atoms with E-state index in [4.69, 9.17) is 4.98 Å². The van der Waals surface area contributed by atoms with E-state index >= 15 is 0 Å². The molecule has 2 aromatic heterocycles. The Bertz CT molecular complexity index is 1330. The van der Waals surface area contributed by atoms with Crippen molar-refractivity contribution in [2.75, 3.05) is 5.75 Å². The van der Waals surface area contributed by atoms with Crippen LogP contribution in [0.15, 0.2) is 69.9 Å². The average Bonchev–Trinajstić information content (AvgIpc) is 3.28. The molecule has 0 fully saturated rings. The largest absolute Gasteiger partial charge is 0.353 e. The molecule has 0 saturated heterocycles. The number of carbonyl (C=O) groups is 1. The Kier molecular flexibility index (Phi) is 7.30. The van der Waals surface area contributed by atoms with Crippen LogP contribution < -0.4 is 10.9 Å². The van der Waals surface area contributed by atoms with Gasteiger partial charge < -0.3 is 5.32 Å². The molecule has 0 bridgehead atoms. The molecule has 4 rings (SSSR count). The predicted octanol–water partition coefficient (Wildman–Crippen LogP) is 5.29. The van der Waals surface area contributed by atoms with Gasteiger partial charge in [0.15, 0.2) is 5.16 Å². The van der Waals surface area contributed by atoms with E-state index < -0.39 is 0 Å². The van der Waals surface area contributed by atoms with Gasteiger partial charge in [0.1, 0.15) is 4.70 Å². The fraction of sp³-hybridized carbons (Fsp3) is 0.269. The molecule has 0 aliphatic heterocycles. The summed E-state index contributed by atoms with van der Waals surface area (Å²) in [5.41, 5.74) is 4.87. The van der Waals surface area contributed by atoms with Crippen LogP contribution in [-0.4, -0.2) is 27.3 Å². The number of nitrogens with one attached hydrogen (secondary N) is 1. The first-order chi connectivity index (χ1) is 15.9. The van der Waals surface area contributed by atoms with Crippen LogP contribution >= 0.6 is 23.1 Å². The Balaban J connectivity index is 1.49. The Morgan fingerprint density at radius 3 is 2.67 bits per heavy atom. The van der Waals surface area contributed by atoms with Gasteiger partial charge in [0.2, 0.25) is 5.91 Å². The molecule has 170 valence electrons. The number of nitrogens with zero attached hydrogens (tertiary/aromatic N) is 2. The second kappa shape index (κ2) is 10.4. The molecule has 5 nitrogen and oxygen atoms in total. The zero-order valence-corrected chi connectivity index (χ0v) is 20.6. The topological polar surface area (TPSA) is 64.0 Å². The van der Waals surface area contributed by atoms with Crippen molar-refractivity contribution < 1.29 is 4.79 Å². The number of amides is 1. The van der Waals surface area contributed by atoms with E-state index in [0.29, 0.717) is 15.4 Å². The van der Waals surface area contributed by atoms with Gasteiger partial charge in [-0.05, 0) is 73.9 Å². The van der Waals surface area contributed by atoms with Crippen molar-refractivity contribution in [2.24, 2.45) is 0 Å². The summed E-state index contributed by atoms with van der Waals surface area (Å²) in [6.07, 6.45) is 1.78. The summed E-state index contributed by atoms with van der Waals surface area (Å²) < 4.78 is 2.25. The molecule has 2 aromatic carbocycles. The van der Waals surface area contributed by atoms with Crippen molar-refractivity contribution in [3.05, 3.63) is 87.0 Å². The number of hydrogen-bond donors (Lipinski definition) is 1. The van der Waals surface area contributed by atoms with Gasteiger partial charge in [0, 0.05) is 6.04 Å². The third-order valence-corrected chi connectivity index (χ3v) is 7.48. The Labute approximate surface area is 201 Å². The molecule has 1 amide bonds. The number of aromatic nitrogens is 2. The first-order valence-electron chi connectivity index (χ1n) is 11.0. The van der Waals surface area contributed by atoms with Gasteiger partial charge >= 0.3 is 0 Å². The molecule has 0 aliphatic rings. The van der Waals surface area contributed by atoms with Gasteiger partial charge in [-0.1, -0.05) is 48.2 Å². The second-order valence-corrected chi connectivity index (χ2v) is 10.1. The maximum absolute atomic E-state index is 13.3. The van der Waals surface area contributed by atoms with Gasteiger partial charge in [0.05, 0.1) is 17.0 Å². The van der Waals surface area contributed by atoms with Crippen LogP contribution in [-0.2, 0) is 11.2 Å². The SMILES string of the molecule is Cc1ccc(-n2c(SCC(=O)N[C@@H](C)CCc3ccccc3)nc3ccsc3c2=O)cc1C. The molecule has 0 aliphatic carbocycles. The van der Waals surface area contributed by atoms with Crippen LogP contribution in [0.3, 0.4) is 0 Å². The van der Waals surface area contributed by atoms with Crippen molar-refractivity contribution in [1.29, 1.82) is 0 Å². The Morgan fingerprint density at radius 2 is 1.91 bits per heavy atom. The smallest absolute Gasteiger partial charge is 0.276 e. The molecule has 1 N–H and O–H groups in total. The van der Waals surface area contributed by atoms with Crippen LogP contribution in [0.4, 0.5) is 0 Å². The molecule has 1 atom stereocenters. The minimum atomic E-state index is -0.0996. The number of thiophene rings is 1. The lowest BCUT2D eigenvalue weighted by atomic mass is 10.1. The lowest BCUT2D eigenvalue weighted by molar-refractivity contribution is -0.119. The molecule has 0 unspecified atom stereocenters. The first kappa shape index (κ1) is 23.3. The average molecular weight is 478 g/mol. The summed E-state index contributed by atoms with van der Waals surface area (Å²) in [6, 6.07) is 18.1. The number of aryl methyl sites for hydroxylation is 3. The third-order valence-electron chi connectivity index (χ3n) is 5.65. The zero-order chi connectivity index (χ0) is 23.4. The van der Waals surface area contributed by atoms with Gasteiger partial charge in [-0.3, -0.25) is 14.2 Å². The van der Waals surface area contributed by atoms with Crippen LogP contribution in [0.5, 0.6) is 0 Å². The van der Waals surface area contributed by atoms with Gasteiger partial charge in [0.25, 0.3) is 5.56 Å². The number of thioether (sulfide) groups is 1. The molecule has 0 saturated carbocycles. The van der Waals surface area contributed by atoms with E-state index in [1.54, 1.807) is 4.57 Å². The van der Waals surface area contributed by atoms with Crippen molar-refractivity contribution in [2.45, 2.75) is 44.8 Å². The standard InChI is InChI=1S/C26H27N3O2S2/c1-17-9-12-21(15-18(17)2)29-25(31)24-22(13-14-32-24)28-26(29)33-16-23(30)27-19(3)10-11-20-7-5-4-6-8-20/h4-9,12-15,19H,10-11,16H2,1-3H3,(H,27,30)/t19-/m0/s1.